The van der Waals surface area contributed by atoms with Crippen molar-refractivity contribution in [3.63, 3.8) is 0 Å². The van der Waals surface area contributed by atoms with E-state index in [4.69, 9.17) is 23.7 Å². The van der Waals surface area contributed by atoms with Gasteiger partial charge in [0.05, 0.1) is 19.8 Å². The SMILES string of the molecule is c1ccc(COC2C(Sc3ccccc3)OC3COC(c4ccccc4)OC3C2OCc2ccccc2)cc1. The van der Waals surface area contributed by atoms with Gasteiger partial charge in [0.1, 0.15) is 29.9 Å². The third kappa shape index (κ3) is 6.61. The lowest BCUT2D eigenvalue weighted by Gasteiger charge is -2.49. The zero-order valence-electron chi connectivity index (χ0n) is 21.6. The molecule has 4 aromatic carbocycles. The molecule has 6 rings (SSSR count). The molecule has 4 aromatic rings. The first-order chi connectivity index (χ1) is 19.3. The Kier molecular flexibility index (Phi) is 8.70. The predicted octanol–water partition coefficient (Wildman–Crippen LogP) is 6.79. The number of rotatable bonds is 9. The molecule has 6 atom stereocenters. The van der Waals surface area contributed by atoms with Crippen LogP contribution in [0, 0.1) is 0 Å². The van der Waals surface area contributed by atoms with Gasteiger partial charge in [0.15, 0.2) is 6.29 Å². The summed E-state index contributed by atoms with van der Waals surface area (Å²) in [6, 6.07) is 40.7. The number of ether oxygens (including phenoxy) is 5. The summed E-state index contributed by atoms with van der Waals surface area (Å²) in [5.74, 6) is 0. The van der Waals surface area contributed by atoms with Crippen molar-refractivity contribution in [3.05, 3.63) is 138 Å². The number of hydrogen-bond acceptors (Lipinski definition) is 6. The van der Waals surface area contributed by atoms with Crippen LogP contribution < -0.4 is 0 Å². The van der Waals surface area contributed by atoms with Crippen LogP contribution >= 0.6 is 11.8 Å². The fraction of sp³-hybridized carbons (Fsp3) is 0.273. The molecule has 200 valence electrons. The van der Waals surface area contributed by atoms with E-state index in [-0.39, 0.29) is 29.9 Å². The maximum absolute atomic E-state index is 6.69. The zero-order valence-corrected chi connectivity index (χ0v) is 22.4. The lowest BCUT2D eigenvalue weighted by Crippen LogP contribution is -2.62. The molecule has 0 saturated carbocycles. The minimum absolute atomic E-state index is 0.288. The topological polar surface area (TPSA) is 46.2 Å². The lowest BCUT2D eigenvalue weighted by atomic mass is 9.98. The van der Waals surface area contributed by atoms with Crippen molar-refractivity contribution < 1.29 is 23.7 Å². The van der Waals surface area contributed by atoms with E-state index in [0.29, 0.717) is 19.8 Å². The highest BCUT2D eigenvalue weighted by Crippen LogP contribution is 2.41. The molecule has 0 aliphatic carbocycles. The first kappa shape index (κ1) is 26.3. The van der Waals surface area contributed by atoms with Crippen LogP contribution in [0.15, 0.2) is 126 Å². The predicted molar refractivity (Wildman–Crippen MR) is 151 cm³/mol. The molecule has 2 fully saturated rings. The Balaban J connectivity index is 1.30. The Morgan fingerprint density at radius 3 is 1.77 bits per heavy atom. The van der Waals surface area contributed by atoms with Crippen LogP contribution in [0.1, 0.15) is 23.0 Å². The van der Waals surface area contributed by atoms with Crippen LogP contribution in [0.3, 0.4) is 0 Å². The molecule has 0 radical (unpaired) electrons. The van der Waals surface area contributed by atoms with E-state index in [2.05, 4.69) is 36.4 Å². The van der Waals surface area contributed by atoms with Crippen LogP contribution in [0.4, 0.5) is 0 Å². The summed E-state index contributed by atoms with van der Waals surface area (Å²) in [4.78, 5) is 1.11. The molecule has 6 unspecified atom stereocenters. The summed E-state index contributed by atoms with van der Waals surface area (Å²) in [6.45, 7) is 1.30. The summed E-state index contributed by atoms with van der Waals surface area (Å²) in [5.41, 5.74) is 2.86. The van der Waals surface area contributed by atoms with Crippen LogP contribution in [-0.2, 0) is 36.9 Å². The highest BCUT2D eigenvalue weighted by molar-refractivity contribution is 7.99. The van der Waals surface area contributed by atoms with E-state index in [0.717, 1.165) is 21.6 Å². The number of hydrogen-bond donors (Lipinski definition) is 0. The van der Waals surface area contributed by atoms with Crippen LogP contribution in [0.2, 0.25) is 0 Å². The van der Waals surface area contributed by atoms with Crippen molar-refractivity contribution in [2.45, 2.75) is 54.3 Å². The summed E-state index contributed by atoms with van der Waals surface area (Å²) in [6.07, 6.45) is -1.89. The highest BCUT2D eigenvalue weighted by atomic mass is 32.2. The molecule has 0 N–H and O–H groups in total. The number of benzene rings is 4. The third-order valence-corrected chi connectivity index (χ3v) is 8.08. The molecule has 2 aliphatic rings. The van der Waals surface area contributed by atoms with Crippen molar-refractivity contribution in [2.24, 2.45) is 0 Å². The van der Waals surface area contributed by atoms with Gasteiger partial charge in [-0.3, -0.25) is 0 Å². The Labute approximate surface area is 234 Å². The van der Waals surface area contributed by atoms with Crippen molar-refractivity contribution in [1.82, 2.24) is 0 Å². The fourth-order valence-electron chi connectivity index (χ4n) is 4.95. The largest absolute Gasteiger partial charge is 0.368 e. The summed E-state index contributed by atoms with van der Waals surface area (Å²) in [7, 11) is 0. The second-order valence-corrected chi connectivity index (χ2v) is 10.8. The summed E-state index contributed by atoms with van der Waals surface area (Å²) in [5, 5.41) is 0. The van der Waals surface area contributed by atoms with Crippen LogP contribution in [-0.4, -0.2) is 36.5 Å². The van der Waals surface area contributed by atoms with Gasteiger partial charge in [0.25, 0.3) is 0 Å². The maximum atomic E-state index is 6.69. The smallest absolute Gasteiger partial charge is 0.184 e. The van der Waals surface area contributed by atoms with Crippen molar-refractivity contribution in [2.75, 3.05) is 6.61 Å². The van der Waals surface area contributed by atoms with Gasteiger partial charge in [-0.25, -0.2) is 0 Å². The average Bonchev–Trinajstić information content (AvgIpc) is 3.01. The Hall–Kier alpha value is -2.97. The molecular formula is C33H32O5S. The molecule has 0 spiro atoms. The first-order valence-electron chi connectivity index (χ1n) is 13.3. The fourth-order valence-corrected chi connectivity index (χ4v) is 6.10. The van der Waals surface area contributed by atoms with Gasteiger partial charge in [-0.1, -0.05) is 121 Å². The molecule has 0 bridgehead atoms. The molecule has 39 heavy (non-hydrogen) atoms. The Morgan fingerprint density at radius 1 is 0.615 bits per heavy atom. The van der Waals surface area contributed by atoms with Gasteiger partial charge in [0.2, 0.25) is 0 Å². The maximum Gasteiger partial charge on any atom is 0.184 e. The lowest BCUT2D eigenvalue weighted by molar-refractivity contribution is -0.329. The molecule has 2 heterocycles. The third-order valence-electron chi connectivity index (χ3n) is 6.92. The van der Waals surface area contributed by atoms with Crippen molar-refractivity contribution in [3.8, 4) is 0 Å². The zero-order chi connectivity index (χ0) is 26.3. The molecule has 0 aromatic heterocycles. The van der Waals surface area contributed by atoms with E-state index < -0.39 is 6.29 Å². The monoisotopic (exact) mass is 540 g/mol. The van der Waals surface area contributed by atoms with Gasteiger partial charge >= 0.3 is 0 Å². The van der Waals surface area contributed by atoms with E-state index in [1.807, 2.05) is 84.9 Å². The van der Waals surface area contributed by atoms with E-state index in [1.165, 1.54) is 0 Å². The van der Waals surface area contributed by atoms with Crippen LogP contribution in [0.5, 0.6) is 0 Å². The molecule has 0 amide bonds. The van der Waals surface area contributed by atoms with E-state index in [1.54, 1.807) is 11.8 Å². The van der Waals surface area contributed by atoms with E-state index >= 15 is 0 Å². The average molecular weight is 541 g/mol. The first-order valence-corrected chi connectivity index (χ1v) is 14.2. The molecular weight excluding hydrogens is 508 g/mol. The molecule has 5 nitrogen and oxygen atoms in total. The summed E-state index contributed by atoms with van der Waals surface area (Å²) < 4.78 is 32.8. The number of thioether (sulfide) groups is 1. The minimum Gasteiger partial charge on any atom is -0.368 e. The van der Waals surface area contributed by atoms with Crippen LogP contribution in [0.25, 0.3) is 0 Å². The quantitative estimate of drug-likeness (QED) is 0.233. The van der Waals surface area contributed by atoms with Gasteiger partial charge in [-0.2, -0.15) is 0 Å². The second kappa shape index (κ2) is 12.9. The molecule has 6 heteroatoms. The minimum atomic E-state index is -0.494. The van der Waals surface area contributed by atoms with E-state index in [9.17, 15) is 0 Å². The van der Waals surface area contributed by atoms with Gasteiger partial charge < -0.3 is 23.7 Å². The second-order valence-electron chi connectivity index (χ2n) is 9.67. The molecule has 2 aliphatic heterocycles. The van der Waals surface area contributed by atoms with Crippen molar-refractivity contribution >= 4 is 11.8 Å². The Bertz CT molecular complexity index is 1270. The Morgan fingerprint density at radius 2 is 1.15 bits per heavy atom. The standard InChI is InChI=1S/C33H32O5S/c1-5-13-24(14-6-1)21-34-30-29-28(23-36-32(38-29)26-17-9-3-10-18-26)37-33(39-27-19-11-4-12-20-27)31(30)35-22-25-15-7-2-8-16-25/h1-20,28-33H,21-23H2. The van der Waals surface area contributed by atoms with Gasteiger partial charge in [-0.15, -0.1) is 0 Å². The number of fused-ring (bicyclic) bond motifs is 1. The molecule has 2 saturated heterocycles. The summed E-state index contributed by atoms with van der Waals surface area (Å²) >= 11 is 1.65. The van der Waals surface area contributed by atoms with Gasteiger partial charge in [0, 0.05) is 10.5 Å². The normalized spacial score (nSPS) is 26.6. The van der Waals surface area contributed by atoms with Gasteiger partial charge in [-0.05, 0) is 23.3 Å². The van der Waals surface area contributed by atoms with Crippen molar-refractivity contribution in [1.29, 1.82) is 0 Å². The highest BCUT2D eigenvalue weighted by Gasteiger charge is 2.51.